The fraction of sp³-hybridized carbons (Fsp3) is 0.214. The topological polar surface area (TPSA) is 81.7 Å². The monoisotopic (exact) mass is 277 g/mol. The van der Waals surface area contributed by atoms with Crippen molar-refractivity contribution in [1.29, 1.82) is 0 Å². The van der Waals surface area contributed by atoms with Crippen LogP contribution in [-0.2, 0) is 14.3 Å². The molecule has 1 aromatic carbocycles. The third kappa shape index (κ3) is 3.44. The molecule has 6 nitrogen and oxygen atoms in total. The number of amides is 1. The van der Waals surface area contributed by atoms with E-state index in [4.69, 9.17) is 0 Å². The van der Waals surface area contributed by atoms with E-state index in [2.05, 4.69) is 21.4 Å². The van der Waals surface area contributed by atoms with Gasteiger partial charge in [-0.05, 0) is 25.1 Å². The van der Waals surface area contributed by atoms with Gasteiger partial charge in [-0.2, -0.15) is 0 Å². The molecule has 20 heavy (non-hydrogen) atoms. The van der Waals surface area contributed by atoms with Gasteiger partial charge in [-0.15, -0.1) is 0 Å². The van der Waals surface area contributed by atoms with E-state index in [1.54, 1.807) is 0 Å². The quantitative estimate of drug-likeness (QED) is 0.670. The Bertz CT molecular complexity index is 577. The van der Waals surface area contributed by atoms with E-state index in [0.29, 0.717) is 0 Å². The molecule has 0 aromatic heterocycles. The minimum Gasteiger partial charge on any atom is -0.465 e. The number of methoxy groups -OCH3 is 2. The first-order chi connectivity index (χ1) is 9.40. The van der Waals surface area contributed by atoms with Gasteiger partial charge in [0, 0.05) is 5.57 Å². The maximum atomic E-state index is 11.6. The van der Waals surface area contributed by atoms with Crippen LogP contribution in [0.1, 0.15) is 27.6 Å². The number of rotatable bonds is 4. The van der Waals surface area contributed by atoms with Crippen molar-refractivity contribution < 1.29 is 23.9 Å². The average Bonchev–Trinajstić information content (AvgIpc) is 2.45. The van der Waals surface area contributed by atoms with Crippen LogP contribution in [0.3, 0.4) is 0 Å². The number of carbonyl (C=O) groups is 3. The smallest absolute Gasteiger partial charge is 0.339 e. The van der Waals surface area contributed by atoms with E-state index in [-0.39, 0.29) is 22.4 Å². The minimum absolute atomic E-state index is 0.134. The highest BCUT2D eigenvalue weighted by Gasteiger charge is 2.17. The van der Waals surface area contributed by atoms with Gasteiger partial charge in [0.15, 0.2) is 0 Å². The number of hydrogen-bond donors (Lipinski definition) is 1. The van der Waals surface area contributed by atoms with E-state index < -0.39 is 17.8 Å². The Hall–Kier alpha value is -2.63. The van der Waals surface area contributed by atoms with Crippen LogP contribution in [0.5, 0.6) is 0 Å². The van der Waals surface area contributed by atoms with Crippen molar-refractivity contribution in [2.24, 2.45) is 0 Å². The van der Waals surface area contributed by atoms with Gasteiger partial charge in [-0.3, -0.25) is 4.79 Å². The van der Waals surface area contributed by atoms with Gasteiger partial charge in [0.1, 0.15) is 0 Å². The average molecular weight is 277 g/mol. The molecule has 0 radical (unpaired) electrons. The van der Waals surface area contributed by atoms with Gasteiger partial charge in [0.25, 0.3) is 5.91 Å². The maximum Gasteiger partial charge on any atom is 0.339 e. The molecule has 0 aliphatic carbocycles. The second kappa shape index (κ2) is 6.51. The third-order valence-electron chi connectivity index (χ3n) is 2.48. The van der Waals surface area contributed by atoms with Crippen molar-refractivity contribution in [3.63, 3.8) is 0 Å². The first-order valence-electron chi connectivity index (χ1n) is 5.68. The maximum absolute atomic E-state index is 11.6. The molecule has 0 atom stereocenters. The summed E-state index contributed by atoms with van der Waals surface area (Å²) in [6.07, 6.45) is 0. The molecule has 0 aliphatic rings. The van der Waals surface area contributed by atoms with Crippen LogP contribution in [0.4, 0.5) is 5.69 Å². The first kappa shape index (κ1) is 15.4. The molecule has 1 N–H and O–H groups in total. The van der Waals surface area contributed by atoms with Gasteiger partial charge in [0.2, 0.25) is 0 Å². The molecule has 0 saturated heterocycles. The highest BCUT2D eigenvalue weighted by atomic mass is 16.5. The number of nitrogens with one attached hydrogen (secondary N) is 1. The Morgan fingerprint density at radius 3 is 2.20 bits per heavy atom. The summed E-state index contributed by atoms with van der Waals surface area (Å²) in [7, 11) is 2.46. The largest absolute Gasteiger partial charge is 0.465 e. The predicted octanol–water partition coefficient (Wildman–Crippen LogP) is 1.77. The van der Waals surface area contributed by atoms with Gasteiger partial charge >= 0.3 is 11.9 Å². The predicted molar refractivity (Wildman–Crippen MR) is 72.6 cm³/mol. The van der Waals surface area contributed by atoms with Crippen LogP contribution in [0.25, 0.3) is 0 Å². The van der Waals surface area contributed by atoms with Crippen molar-refractivity contribution in [3.8, 4) is 0 Å². The highest BCUT2D eigenvalue weighted by Crippen LogP contribution is 2.20. The summed E-state index contributed by atoms with van der Waals surface area (Å²) >= 11 is 0. The Labute approximate surface area is 116 Å². The second-order valence-corrected chi connectivity index (χ2v) is 3.98. The van der Waals surface area contributed by atoms with Gasteiger partial charge in [-0.25, -0.2) is 9.59 Å². The lowest BCUT2D eigenvalue weighted by Crippen LogP contribution is -2.16. The third-order valence-corrected chi connectivity index (χ3v) is 2.48. The fourth-order valence-electron chi connectivity index (χ4n) is 1.41. The zero-order valence-corrected chi connectivity index (χ0v) is 11.5. The summed E-state index contributed by atoms with van der Waals surface area (Å²) in [5.74, 6) is -1.66. The molecule has 0 spiro atoms. The molecular formula is C14H15NO5. The van der Waals surface area contributed by atoms with Crippen LogP contribution in [0.2, 0.25) is 0 Å². The number of anilines is 1. The van der Waals surface area contributed by atoms with E-state index in [1.807, 2.05) is 0 Å². The first-order valence-corrected chi connectivity index (χ1v) is 5.68. The lowest BCUT2D eigenvalue weighted by atomic mass is 10.1. The van der Waals surface area contributed by atoms with Crippen molar-refractivity contribution in [3.05, 3.63) is 41.5 Å². The molecule has 106 valence electrons. The summed E-state index contributed by atoms with van der Waals surface area (Å²) in [6.45, 7) is 5.02. The molecule has 1 rings (SSSR count). The molecule has 0 bridgehead atoms. The summed E-state index contributed by atoms with van der Waals surface area (Å²) in [5, 5.41) is 2.50. The van der Waals surface area contributed by atoms with Crippen LogP contribution in [0, 0.1) is 0 Å². The number of esters is 2. The number of ether oxygens (including phenoxy) is 2. The van der Waals surface area contributed by atoms with Crippen LogP contribution in [0.15, 0.2) is 30.4 Å². The molecule has 0 heterocycles. The van der Waals surface area contributed by atoms with Crippen LogP contribution < -0.4 is 5.32 Å². The fourth-order valence-corrected chi connectivity index (χ4v) is 1.41. The van der Waals surface area contributed by atoms with Crippen molar-refractivity contribution in [2.45, 2.75) is 6.92 Å². The van der Waals surface area contributed by atoms with Crippen molar-refractivity contribution in [1.82, 2.24) is 0 Å². The minimum atomic E-state index is -0.626. The normalized spacial score (nSPS) is 9.55. The van der Waals surface area contributed by atoms with Crippen LogP contribution in [-0.4, -0.2) is 32.1 Å². The SMILES string of the molecule is C=C(C)C(=O)Nc1cc(C(=O)OC)ccc1C(=O)OC. The van der Waals surface area contributed by atoms with E-state index in [0.717, 1.165) is 0 Å². The Morgan fingerprint density at radius 2 is 1.70 bits per heavy atom. The Balaban J connectivity index is 3.25. The summed E-state index contributed by atoms with van der Waals surface area (Å²) in [4.78, 5) is 34.7. The van der Waals surface area contributed by atoms with Gasteiger partial charge in [0.05, 0.1) is 31.0 Å². The molecule has 1 amide bonds. The molecule has 0 unspecified atom stereocenters. The number of carbonyl (C=O) groups excluding carboxylic acids is 3. The van der Waals surface area contributed by atoms with Crippen molar-refractivity contribution in [2.75, 3.05) is 19.5 Å². The van der Waals surface area contributed by atoms with Crippen LogP contribution >= 0.6 is 0 Å². The molecule has 6 heteroatoms. The molecule has 0 saturated carbocycles. The highest BCUT2D eigenvalue weighted by molar-refractivity contribution is 6.08. The summed E-state index contributed by atoms with van der Waals surface area (Å²) in [5.41, 5.74) is 0.768. The summed E-state index contributed by atoms with van der Waals surface area (Å²) < 4.78 is 9.20. The van der Waals surface area contributed by atoms with Gasteiger partial charge < -0.3 is 14.8 Å². The Kier molecular flexibility index (Phi) is 5.02. The molecule has 1 aromatic rings. The zero-order chi connectivity index (χ0) is 15.3. The molecular weight excluding hydrogens is 262 g/mol. The standard InChI is InChI=1S/C14H15NO5/c1-8(2)12(16)15-11-7-9(13(17)19-3)5-6-10(11)14(18)20-4/h5-7H,1H2,2-4H3,(H,15,16). The zero-order valence-electron chi connectivity index (χ0n) is 11.5. The van der Waals surface area contributed by atoms with E-state index in [1.165, 1.54) is 39.3 Å². The molecule has 0 fully saturated rings. The van der Waals surface area contributed by atoms with Crippen molar-refractivity contribution >= 4 is 23.5 Å². The van der Waals surface area contributed by atoms with E-state index in [9.17, 15) is 14.4 Å². The number of hydrogen-bond acceptors (Lipinski definition) is 5. The Morgan fingerprint density at radius 1 is 1.10 bits per heavy atom. The lowest BCUT2D eigenvalue weighted by molar-refractivity contribution is -0.112. The second-order valence-electron chi connectivity index (χ2n) is 3.98. The van der Waals surface area contributed by atoms with Gasteiger partial charge in [-0.1, -0.05) is 6.58 Å². The lowest BCUT2D eigenvalue weighted by Gasteiger charge is -2.11. The summed E-state index contributed by atoms with van der Waals surface area (Å²) in [6, 6.07) is 4.14. The van der Waals surface area contributed by atoms with E-state index >= 15 is 0 Å². The molecule has 0 aliphatic heterocycles. The number of benzene rings is 1.